The van der Waals surface area contributed by atoms with Crippen molar-refractivity contribution >= 4 is 34.9 Å². The van der Waals surface area contributed by atoms with Crippen molar-refractivity contribution in [1.82, 2.24) is 0 Å². The smallest absolute Gasteiger partial charge is 0.339 e. The van der Waals surface area contributed by atoms with Crippen LogP contribution in [-0.2, 0) is 4.74 Å². The van der Waals surface area contributed by atoms with Crippen LogP contribution in [-0.4, -0.2) is 13.1 Å². The molecule has 0 spiro atoms. The third kappa shape index (κ3) is 2.62. The molecule has 0 bridgehead atoms. The predicted octanol–water partition coefficient (Wildman–Crippen LogP) is 5.61. The maximum absolute atomic E-state index is 12.2. The molecule has 3 unspecified atom stereocenters. The molecule has 0 fully saturated rings. The number of methoxy groups -OCH3 is 1. The number of para-hydroxylation sites is 1. The molecular formula is C20H17Cl2NO2. The van der Waals surface area contributed by atoms with Crippen molar-refractivity contribution in [3.05, 3.63) is 75.3 Å². The van der Waals surface area contributed by atoms with E-state index in [4.69, 9.17) is 27.9 Å². The van der Waals surface area contributed by atoms with Gasteiger partial charge in [0.1, 0.15) is 0 Å². The lowest BCUT2D eigenvalue weighted by Gasteiger charge is -2.38. The molecule has 4 rings (SSSR count). The molecule has 2 aliphatic rings. The number of anilines is 1. The maximum atomic E-state index is 12.2. The normalized spacial score (nSPS) is 23.6. The zero-order valence-corrected chi connectivity index (χ0v) is 15.1. The number of ether oxygens (including phenoxy) is 1. The summed E-state index contributed by atoms with van der Waals surface area (Å²) in [5, 5.41) is 4.81. The van der Waals surface area contributed by atoms with Crippen LogP contribution in [0.15, 0.2) is 48.6 Å². The second kappa shape index (κ2) is 6.40. The second-order valence-corrected chi connectivity index (χ2v) is 7.19. The minimum absolute atomic E-state index is 0.0699. The van der Waals surface area contributed by atoms with Crippen LogP contribution in [0.1, 0.15) is 39.9 Å². The quantitative estimate of drug-likeness (QED) is 0.549. The molecule has 3 nitrogen and oxygen atoms in total. The molecule has 2 aromatic rings. The number of hydrogen-bond donors (Lipinski definition) is 1. The van der Waals surface area contributed by atoms with Crippen LogP contribution in [0.25, 0.3) is 0 Å². The summed E-state index contributed by atoms with van der Waals surface area (Å²) >= 11 is 12.9. The molecule has 0 saturated carbocycles. The van der Waals surface area contributed by atoms with E-state index in [1.165, 1.54) is 7.11 Å². The summed E-state index contributed by atoms with van der Waals surface area (Å²) in [4.78, 5) is 12.2. The Morgan fingerprint density at radius 1 is 1.16 bits per heavy atom. The zero-order valence-electron chi connectivity index (χ0n) is 13.6. The van der Waals surface area contributed by atoms with Gasteiger partial charge in [-0.15, -0.1) is 0 Å². The van der Waals surface area contributed by atoms with Gasteiger partial charge in [0.15, 0.2) is 0 Å². The van der Waals surface area contributed by atoms with Crippen LogP contribution in [0.5, 0.6) is 0 Å². The molecule has 5 heteroatoms. The van der Waals surface area contributed by atoms with E-state index in [1.807, 2.05) is 24.3 Å². The molecule has 1 aliphatic heterocycles. The molecule has 128 valence electrons. The van der Waals surface area contributed by atoms with Gasteiger partial charge >= 0.3 is 5.97 Å². The van der Waals surface area contributed by atoms with Crippen LogP contribution >= 0.6 is 23.2 Å². The molecule has 0 amide bonds. The van der Waals surface area contributed by atoms with Gasteiger partial charge in [0.05, 0.1) is 24.4 Å². The SMILES string of the molecule is COC(=O)c1cccc2c1NC(c1c(Cl)cccc1Cl)C1CC=CC21. The lowest BCUT2D eigenvalue weighted by Crippen LogP contribution is -2.30. The summed E-state index contributed by atoms with van der Waals surface area (Å²) in [5.41, 5.74) is 3.34. The summed E-state index contributed by atoms with van der Waals surface area (Å²) in [6, 6.07) is 11.2. The monoisotopic (exact) mass is 373 g/mol. The van der Waals surface area contributed by atoms with E-state index < -0.39 is 0 Å². The fourth-order valence-corrected chi connectivity index (χ4v) is 4.63. The molecule has 25 heavy (non-hydrogen) atoms. The molecule has 1 aliphatic carbocycles. The minimum Gasteiger partial charge on any atom is -0.465 e. The number of halogens is 2. The van der Waals surface area contributed by atoms with Crippen LogP contribution in [0.2, 0.25) is 10.0 Å². The average molecular weight is 374 g/mol. The molecule has 2 aromatic carbocycles. The van der Waals surface area contributed by atoms with E-state index in [1.54, 1.807) is 6.07 Å². The predicted molar refractivity (Wildman–Crippen MR) is 101 cm³/mol. The first kappa shape index (κ1) is 16.5. The van der Waals surface area contributed by atoms with Gasteiger partial charge in [0.25, 0.3) is 0 Å². The standard InChI is InChI=1S/C20H17Cl2NO2/c1-25-20(24)14-8-3-6-12-11-5-2-7-13(11)19(23-18(12)14)17-15(21)9-4-10-16(17)22/h2-6,8-11,13,19,23H,7H2,1H3. The van der Waals surface area contributed by atoms with Gasteiger partial charge in [0.2, 0.25) is 0 Å². The van der Waals surface area contributed by atoms with E-state index in [0.717, 1.165) is 23.2 Å². The summed E-state index contributed by atoms with van der Waals surface area (Å²) in [7, 11) is 1.39. The number of rotatable bonds is 2. The van der Waals surface area contributed by atoms with Gasteiger partial charge in [0, 0.05) is 21.5 Å². The van der Waals surface area contributed by atoms with Crippen molar-refractivity contribution in [3.63, 3.8) is 0 Å². The largest absolute Gasteiger partial charge is 0.465 e. The lowest BCUT2D eigenvalue weighted by molar-refractivity contribution is 0.0601. The number of nitrogens with one attached hydrogen (secondary N) is 1. The van der Waals surface area contributed by atoms with E-state index in [-0.39, 0.29) is 17.9 Å². The molecule has 0 saturated heterocycles. The van der Waals surface area contributed by atoms with Gasteiger partial charge in [-0.25, -0.2) is 4.79 Å². The number of carbonyl (C=O) groups excluding carboxylic acids is 1. The Kier molecular flexibility index (Phi) is 4.22. The zero-order chi connectivity index (χ0) is 17.6. The topological polar surface area (TPSA) is 38.3 Å². The second-order valence-electron chi connectivity index (χ2n) is 6.37. The first-order valence-electron chi connectivity index (χ1n) is 8.20. The summed E-state index contributed by atoms with van der Waals surface area (Å²) in [6.45, 7) is 0. The van der Waals surface area contributed by atoms with Gasteiger partial charge < -0.3 is 10.1 Å². The highest BCUT2D eigenvalue weighted by atomic mass is 35.5. The number of esters is 1. The molecule has 0 radical (unpaired) electrons. The van der Waals surface area contributed by atoms with Crippen molar-refractivity contribution in [3.8, 4) is 0 Å². The first-order valence-corrected chi connectivity index (χ1v) is 8.95. The van der Waals surface area contributed by atoms with E-state index in [2.05, 4.69) is 23.5 Å². The van der Waals surface area contributed by atoms with Crippen molar-refractivity contribution < 1.29 is 9.53 Å². The maximum Gasteiger partial charge on any atom is 0.339 e. The fraction of sp³-hybridized carbons (Fsp3) is 0.250. The molecule has 1 N–H and O–H groups in total. The lowest BCUT2D eigenvalue weighted by atomic mass is 9.76. The van der Waals surface area contributed by atoms with Gasteiger partial charge in [-0.3, -0.25) is 0 Å². The molecular weight excluding hydrogens is 357 g/mol. The van der Waals surface area contributed by atoms with Crippen molar-refractivity contribution in [1.29, 1.82) is 0 Å². The van der Waals surface area contributed by atoms with Crippen molar-refractivity contribution in [2.24, 2.45) is 5.92 Å². The average Bonchev–Trinajstić information content (AvgIpc) is 3.10. The number of hydrogen-bond acceptors (Lipinski definition) is 3. The Labute approximate surface area is 156 Å². The van der Waals surface area contributed by atoms with Crippen LogP contribution in [0, 0.1) is 5.92 Å². The van der Waals surface area contributed by atoms with E-state index in [0.29, 0.717) is 21.5 Å². The highest BCUT2D eigenvalue weighted by Gasteiger charge is 2.40. The van der Waals surface area contributed by atoms with Gasteiger partial charge in [-0.05, 0) is 36.1 Å². The molecule has 1 heterocycles. The van der Waals surface area contributed by atoms with Crippen LogP contribution < -0.4 is 5.32 Å². The van der Waals surface area contributed by atoms with Gasteiger partial charge in [-0.1, -0.05) is 53.6 Å². The Morgan fingerprint density at radius 2 is 1.88 bits per heavy atom. The highest BCUT2D eigenvalue weighted by Crippen LogP contribution is 2.52. The first-order chi connectivity index (χ1) is 12.1. The van der Waals surface area contributed by atoms with E-state index in [9.17, 15) is 4.79 Å². The number of fused-ring (bicyclic) bond motifs is 3. The van der Waals surface area contributed by atoms with E-state index >= 15 is 0 Å². The van der Waals surface area contributed by atoms with Crippen LogP contribution in [0.3, 0.4) is 0 Å². The number of allylic oxidation sites excluding steroid dienone is 2. The molecule has 0 aromatic heterocycles. The Balaban J connectivity index is 1.88. The Hall–Kier alpha value is -1.97. The van der Waals surface area contributed by atoms with Gasteiger partial charge in [-0.2, -0.15) is 0 Å². The fourth-order valence-electron chi connectivity index (χ4n) is 4.00. The van der Waals surface area contributed by atoms with Crippen molar-refractivity contribution in [2.75, 3.05) is 12.4 Å². The third-order valence-corrected chi connectivity index (χ3v) is 5.77. The summed E-state index contributed by atoms with van der Waals surface area (Å²) in [6.07, 6.45) is 5.34. The minimum atomic E-state index is -0.353. The summed E-state index contributed by atoms with van der Waals surface area (Å²) in [5.74, 6) is 0.171. The highest BCUT2D eigenvalue weighted by molar-refractivity contribution is 6.36. The third-order valence-electron chi connectivity index (χ3n) is 5.11. The molecule has 3 atom stereocenters. The summed E-state index contributed by atoms with van der Waals surface area (Å²) < 4.78 is 4.95. The number of carbonyl (C=O) groups is 1. The Morgan fingerprint density at radius 3 is 2.60 bits per heavy atom. The van der Waals surface area contributed by atoms with Crippen molar-refractivity contribution in [2.45, 2.75) is 18.4 Å². The van der Waals surface area contributed by atoms with Crippen LogP contribution in [0.4, 0.5) is 5.69 Å². The number of benzene rings is 2. The Bertz CT molecular complexity index is 858.